The van der Waals surface area contributed by atoms with E-state index in [-0.39, 0.29) is 6.04 Å². The second-order valence-corrected chi connectivity index (χ2v) is 5.51. The van der Waals surface area contributed by atoms with Crippen LogP contribution in [0, 0.1) is 17.2 Å². The predicted octanol–water partition coefficient (Wildman–Crippen LogP) is 2.49. The zero-order valence-corrected chi connectivity index (χ0v) is 11.4. The molecule has 0 saturated carbocycles. The molecule has 3 nitrogen and oxygen atoms in total. The Kier molecular flexibility index (Phi) is 3.70. The van der Waals surface area contributed by atoms with E-state index in [1.807, 2.05) is 18.2 Å². The monoisotopic (exact) mass is 293 g/mol. The zero-order valence-electron chi connectivity index (χ0n) is 9.86. The van der Waals surface area contributed by atoms with E-state index in [0.717, 1.165) is 29.7 Å². The largest absolute Gasteiger partial charge is 0.369 e. The van der Waals surface area contributed by atoms with Crippen molar-refractivity contribution in [3.05, 3.63) is 28.2 Å². The number of benzene rings is 1. The molecule has 4 heteroatoms. The average Bonchev–Trinajstić information content (AvgIpc) is 2.32. The Morgan fingerprint density at radius 1 is 1.53 bits per heavy atom. The fraction of sp³-hybridized carbons (Fsp3) is 0.462. The molecule has 0 amide bonds. The lowest BCUT2D eigenvalue weighted by molar-refractivity contribution is 0.379. The van der Waals surface area contributed by atoms with Crippen molar-refractivity contribution in [1.29, 1.82) is 5.26 Å². The lowest BCUT2D eigenvalue weighted by atomic mass is 9.94. The fourth-order valence-electron chi connectivity index (χ4n) is 2.15. The molecule has 90 valence electrons. The molecule has 1 aliphatic heterocycles. The lowest BCUT2D eigenvalue weighted by Gasteiger charge is -2.37. The first-order valence-electron chi connectivity index (χ1n) is 5.82. The van der Waals surface area contributed by atoms with Crippen molar-refractivity contribution < 1.29 is 0 Å². The van der Waals surface area contributed by atoms with Gasteiger partial charge in [0.2, 0.25) is 0 Å². The van der Waals surface area contributed by atoms with Crippen LogP contribution in [0.5, 0.6) is 0 Å². The van der Waals surface area contributed by atoms with Crippen LogP contribution in [0.1, 0.15) is 18.9 Å². The van der Waals surface area contributed by atoms with Crippen LogP contribution in [0.15, 0.2) is 22.7 Å². The molecular formula is C13H16BrN3. The maximum Gasteiger partial charge on any atom is 0.0992 e. The molecule has 17 heavy (non-hydrogen) atoms. The second kappa shape index (κ2) is 5.07. The third-order valence-electron chi connectivity index (χ3n) is 3.43. The minimum Gasteiger partial charge on any atom is -0.369 e. The number of nitrogens with two attached hydrogens (primary N) is 1. The molecule has 1 aromatic rings. The SMILES string of the molecule is CC1CCN(c2ccc(C#N)cc2Br)CC1N. The fourth-order valence-corrected chi connectivity index (χ4v) is 2.78. The summed E-state index contributed by atoms with van der Waals surface area (Å²) in [5.74, 6) is 0.586. The van der Waals surface area contributed by atoms with Crippen molar-refractivity contribution in [1.82, 2.24) is 0 Å². The zero-order chi connectivity index (χ0) is 12.4. The first-order valence-corrected chi connectivity index (χ1v) is 6.61. The molecule has 1 saturated heterocycles. The Morgan fingerprint density at radius 3 is 2.88 bits per heavy atom. The number of hydrogen-bond acceptors (Lipinski definition) is 3. The summed E-state index contributed by atoms with van der Waals surface area (Å²) in [5.41, 5.74) is 7.91. The first-order chi connectivity index (χ1) is 8.11. The highest BCUT2D eigenvalue weighted by molar-refractivity contribution is 9.10. The van der Waals surface area contributed by atoms with Crippen LogP contribution in [-0.4, -0.2) is 19.1 Å². The van der Waals surface area contributed by atoms with E-state index in [4.69, 9.17) is 11.0 Å². The first kappa shape index (κ1) is 12.4. The summed E-state index contributed by atoms with van der Waals surface area (Å²) in [5, 5.41) is 8.84. The van der Waals surface area contributed by atoms with Gasteiger partial charge in [-0.2, -0.15) is 5.26 Å². The molecule has 2 atom stereocenters. The van der Waals surface area contributed by atoms with E-state index >= 15 is 0 Å². The van der Waals surface area contributed by atoms with Crippen LogP contribution >= 0.6 is 15.9 Å². The summed E-state index contributed by atoms with van der Waals surface area (Å²) in [4.78, 5) is 2.29. The summed E-state index contributed by atoms with van der Waals surface area (Å²) >= 11 is 3.52. The highest BCUT2D eigenvalue weighted by Crippen LogP contribution is 2.30. The van der Waals surface area contributed by atoms with Crippen molar-refractivity contribution in [2.24, 2.45) is 11.7 Å². The van der Waals surface area contributed by atoms with Gasteiger partial charge in [0.15, 0.2) is 0 Å². The number of nitrogens with zero attached hydrogens (tertiary/aromatic N) is 2. The molecular weight excluding hydrogens is 278 g/mol. The van der Waals surface area contributed by atoms with Gasteiger partial charge in [-0.05, 0) is 46.5 Å². The third-order valence-corrected chi connectivity index (χ3v) is 4.07. The van der Waals surface area contributed by atoms with Crippen molar-refractivity contribution >= 4 is 21.6 Å². The molecule has 0 spiro atoms. The highest BCUT2D eigenvalue weighted by Gasteiger charge is 2.24. The molecule has 1 heterocycles. The summed E-state index contributed by atoms with van der Waals surface area (Å²) in [6.45, 7) is 4.11. The van der Waals surface area contributed by atoms with Gasteiger partial charge in [0.05, 0.1) is 17.3 Å². The van der Waals surface area contributed by atoms with Gasteiger partial charge in [0, 0.05) is 23.6 Å². The van der Waals surface area contributed by atoms with E-state index < -0.39 is 0 Å². The molecule has 2 N–H and O–H groups in total. The normalized spacial score (nSPS) is 24.5. The van der Waals surface area contributed by atoms with Crippen molar-refractivity contribution in [2.45, 2.75) is 19.4 Å². The van der Waals surface area contributed by atoms with E-state index in [1.165, 1.54) is 0 Å². The maximum atomic E-state index is 8.84. The molecule has 0 aromatic heterocycles. The van der Waals surface area contributed by atoms with Crippen LogP contribution in [0.2, 0.25) is 0 Å². The summed E-state index contributed by atoms with van der Waals surface area (Å²) in [7, 11) is 0. The van der Waals surface area contributed by atoms with Gasteiger partial charge in [0.25, 0.3) is 0 Å². The summed E-state index contributed by atoms with van der Waals surface area (Å²) in [6.07, 6.45) is 1.12. The van der Waals surface area contributed by atoms with Crippen LogP contribution < -0.4 is 10.6 Å². The minimum atomic E-state index is 0.228. The quantitative estimate of drug-likeness (QED) is 0.865. The van der Waals surface area contributed by atoms with Crippen LogP contribution in [-0.2, 0) is 0 Å². The molecule has 1 aliphatic rings. The Labute approximate surface area is 110 Å². The number of rotatable bonds is 1. The van der Waals surface area contributed by atoms with Crippen molar-refractivity contribution in [3.63, 3.8) is 0 Å². The van der Waals surface area contributed by atoms with Gasteiger partial charge < -0.3 is 10.6 Å². The number of nitriles is 1. The molecule has 1 fully saturated rings. The van der Waals surface area contributed by atoms with E-state index in [2.05, 4.69) is 33.8 Å². The second-order valence-electron chi connectivity index (χ2n) is 4.65. The summed E-state index contributed by atoms with van der Waals surface area (Å²) in [6, 6.07) is 8.07. The van der Waals surface area contributed by atoms with E-state index in [1.54, 1.807) is 0 Å². The van der Waals surface area contributed by atoms with Gasteiger partial charge in [-0.25, -0.2) is 0 Å². The number of anilines is 1. The van der Waals surface area contributed by atoms with Gasteiger partial charge in [0.1, 0.15) is 0 Å². The van der Waals surface area contributed by atoms with E-state index in [9.17, 15) is 0 Å². The number of halogens is 1. The topological polar surface area (TPSA) is 53.0 Å². The smallest absolute Gasteiger partial charge is 0.0992 e. The van der Waals surface area contributed by atoms with Crippen LogP contribution in [0.25, 0.3) is 0 Å². The maximum absolute atomic E-state index is 8.84. The molecule has 1 aromatic carbocycles. The van der Waals surface area contributed by atoms with Gasteiger partial charge in [-0.15, -0.1) is 0 Å². The molecule has 2 unspecified atom stereocenters. The third kappa shape index (κ3) is 2.62. The van der Waals surface area contributed by atoms with Crippen molar-refractivity contribution in [3.8, 4) is 6.07 Å². The number of hydrogen-bond donors (Lipinski definition) is 1. The van der Waals surface area contributed by atoms with Gasteiger partial charge >= 0.3 is 0 Å². The van der Waals surface area contributed by atoms with Gasteiger partial charge in [-0.3, -0.25) is 0 Å². The van der Waals surface area contributed by atoms with Crippen LogP contribution in [0.4, 0.5) is 5.69 Å². The lowest BCUT2D eigenvalue weighted by Crippen LogP contribution is -2.47. The Morgan fingerprint density at radius 2 is 2.29 bits per heavy atom. The molecule has 0 radical (unpaired) electrons. The van der Waals surface area contributed by atoms with Crippen molar-refractivity contribution in [2.75, 3.05) is 18.0 Å². The Balaban J connectivity index is 2.21. The number of piperidine rings is 1. The predicted molar refractivity (Wildman–Crippen MR) is 72.8 cm³/mol. The minimum absolute atomic E-state index is 0.228. The van der Waals surface area contributed by atoms with Crippen LogP contribution in [0.3, 0.4) is 0 Å². The molecule has 0 aliphatic carbocycles. The average molecular weight is 294 g/mol. The van der Waals surface area contributed by atoms with Gasteiger partial charge in [-0.1, -0.05) is 6.92 Å². The molecule has 2 rings (SSSR count). The standard InChI is InChI=1S/C13H16BrN3/c1-9-4-5-17(8-12(9)16)13-3-2-10(7-15)6-11(13)14/h2-3,6,9,12H,4-5,8,16H2,1H3. The van der Waals surface area contributed by atoms with E-state index in [0.29, 0.717) is 11.5 Å². The summed E-state index contributed by atoms with van der Waals surface area (Å²) < 4.78 is 0.971. The highest BCUT2D eigenvalue weighted by atomic mass is 79.9. The molecule has 0 bridgehead atoms. The Hall–Kier alpha value is -1.05. The Bertz CT molecular complexity index is 452.